The third-order valence-electron chi connectivity index (χ3n) is 2.16. The van der Waals surface area contributed by atoms with E-state index in [4.69, 9.17) is 17.3 Å². The summed E-state index contributed by atoms with van der Waals surface area (Å²) in [6.45, 7) is 0. The molecule has 18 heavy (non-hydrogen) atoms. The fourth-order valence-electron chi connectivity index (χ4n) is 1.29. The molecule has 1 aromatic carbocycles. The first-order chi connectivity index (χ1) is 8.58. The average Bonchev–Trinajstić information content (AvgIpc) is 2.33. The van der Waals surface area contributed by atoms with E-state index in [1.807, 2.05) is 0 Å². The van der Waals surface area contributed by atoms with Crippen LogP contribution >= 0.6 is 27.5 Å². The van der Waals surface area contributed by atoms with Crippen LogP contribution in [-0.4, -0.2) is 4.98 Å². The van der Waals surface area contributed by atoms with Crippen molar-refractivity contribution in [3.05, 3.63) is 57.0 Å². The Morgan fingerprint density at radius 1 is 1.22 bits per heavy atom. The molecule has 0 atom stereocenters. The molecule has 1 heterocycles. The van der Waals surface area contributed by atoms with Crippen molar-refractivity contribution in [1.29, 1.82) is 0 Å². The van der Waals surface area contributed by atoms with E-state index in [1.54, 1.807) is 18.2 Å². The fourth-order valence-corrected chi connectivity index (χ4v) is 1.80. The Hall–Kier alpha value is -1.57. The summed E-state index contributed by atoms with van der Waals surface area (Å²) < 4.78 is 14.1. The normalized spacial score (nSPS) is 9.72. The third kappa shape index (κ3) is 2.81. The number of nitrogen functional groups attached to an aromatic ring is 1. The summed E-state index contributed by atoms with van der Waals surface area (Å²) in [6, 6.07) is 7.77. The molecule has 0 spiro atoms. The molecule has 0 radical (unpaired) electrons. The van der Waals surface area contributed by atoms with Crippen LogP contribution < -0.4 is 5.73 Å². The van der Waals surface area contributed by atoms with Crippen molar-refractivity contribution in [2.24, 2.45) is 0 Å². The molecule has 0 bridgehead atoms. The number of benzene rings is 1. The number of nitrogens with zero attached hydrogens (tertiary/aromatic N) is 1. The second-order valence-corrected chi connectivity index (χ2v) is 4.64. The molecule has 5 heteroatoms. The van der Waals surface area contributed by atoms with Gasteiger partial charge in [0.2, 0.25) is 0 Å². The molecule has 2 aromatic rings. The first kappa shape index (κ1) is 12.9. The van der Waals surface area contributed by atoms with E-state index in [-0.39, 0.29) is 10.6 Å². The number of aromatic nitrogens is 1. The number of halogens is 3. The van der Waals surface area contributed by atoms with Gasteiger partial charge in [0.15, 0.2) is 0 Å². The Kier molecular flexibility index (Phi) is 3.85. The number of hydrogen-bond donors (Lipinski definition) is 1. The molecule has 0 fully saturated rings. The van der Waals surface area contributed by atoms with Gasteiger partial charge in [0, 0.05) is 0 Å². The Bertz CT molecular complexity index is 642. The Balaban J connectivity index is 2.46. The first-order valence-corrected chi connectivity index (χ1v) is 6.13. The molecule has 0 unspecified atom stereocenters. The summed E-state index contributed by atoms with van der Waals surface area (Å²) in [5.74, 6) is 4.89. The average molecular weight is 326 g/mol. The predicted molar refractivity (Wildman–Crippen MR) is 73.7 cm³/mol. The van der Waals surface area contributed by atoms with Crippen molar-refractivity contribution in [1.82, 2.24) is 4.98 Å². The maximum absolute atomic E-state index is 13.5. The van der Waals surface area contributed by atoms with E-state index < -0.39 is 5.82 Å². The molecule has 1 aromatic heterocycles. The van der Waals surface area contributed by atoms with E-state index in [2.05, 4.69) is 32.8 Å². The number of anilines is 1. The molecule has 2 N–H and O–H groups in total. The van der Waals surface area contributed by atoms with Crippen molar-refractivity contribution < 1.29 is 4.39 Å². The lowest BCUT2D eigenvalue weighted by Crippen LogP contribution is -1.94. The zero-order valence-corrected chi connectivity index (χ0v) is 11.4. The van der Waals surface area contributed by atoms with Gasteiger partial charge in [-0.2, -0.15) is 0 Å². The molecule has 2 nitrogen and oxygen atoms in total. The molecule has 0 aliphatic carbocycles. The van der Waals surface area contributed by atoms with E-state index in [9.17, 15) is 4.39 Å². The van der Waals surface area contributed by atoms with Crippen molar-refractivity contribution >= 4 is 33.2 Å². The van der Waals surface area contributed by atoms with Gasteiger partial charge in [0.05, 0.1) is 16.3 Å². The largest absolute Gasteiger partial charge is 0.396 e. The summed E-state index contributed by atoms with van der Waals surface area (Å²) in [5, 5.41) is 0.260. The monoisotopic (exact) mass is 324 g/mol. The number of rotatable bonds is 0. The van der Waals surface area contributed by atoms with Gasteiger partial charge < -0.3 is 5.73 Å². The van der Waals surface area contributed by atoms with Gasteiger partial charge in [0.1, 0.15) is 16.1 Å². The lowest BCUT2D eigenvalue weighted by molar-refractivity contribution is 0.624. The van der Waals surface area contributed by atoms with Gasteiger partial charge in [-0.3, -0.25) is 0 Å². The van der Waals surface area contributed by atoms with Crippen molar-refractivity contribution in [3.8, 4) is 11.8 Å². The highest BCUT2D eigenvalue weighted by molar-refractivity contribution is 9.10. The summed E-state index contributed by atoms with van der Waals surface area (Å²) >= 11 is 9.08. The second kappa shape index (κ2) is 5.38. The minimum absolute atomic E-state index is 0.139. The maximum atomic E-state index is 13.5. The standard InChI is InChI=1S/C13H7BrClFN2/c14-13-7-5-11(17)12(18-13)6-4-8-9(15)2-1-3-10(8)16/h1-3,5,7H,17H2. The lowest BCUT2D eigenvalue weighted by Gasteiger charge is -1.98. The fraction of sp³-hybridized carbons (Fsp3) is 0. The molecular formula is C13H7BrClFN2. The van der Waals surface area contributed by atoms with Crippen LogP contribution in [0.5, 0.6) is 0 Å². The minimum atomic E-state index is -0.469. The lowest BCUT2D eigenvalue weighted by atomic mass is 10.2. The highest BCUT2D eigenvalue weighted by Crippen LogP contribution is 2.18. The number of hydrogen-bond acceptors (Lipinski definition) is 2. The Labute approximate surface area is 117 Å². The van der Waals surface area contributed by atoms with Crippen molar-refractivity contribution in [2.75, 3.05) is 5.73 Å². The van der Waals surface area contributed by atoms with E-state index in [1.165, 1.54) is 12.1 Å². The van der Waals surface area contributed by atoms with Crippen LogP contribution in [0.3, 0.4) is 0 Å². The van der Waals surface area contributed by atoms with Crippen molar-refractivity contribution in [2.45, 2.75) is 0 Å². The first-order valence-electron chi connectivity index (χ1n) is 4.96. The zero-order chi connectivity index (χ0) is 13.1. The van der Waals surface area contributed by atoms with Crippen LogP contribution in [-0.2, 0) is 0 Å². The quantitative estimate of drug-likeness (QED) is 0.593. The van der Waals surface area contributed by atoms with Gasteiger partial charge in [-0.15, -0.1) is 0 Å². The SMILES string of the molecule is Nc1ccc(Br)nc1C#Cc1c(F)cccc1Cl. The van der Waals surface area contributed by atoms with Crippen LogP contribution in [0, 0.1) is 17.7 Å². The summed E-state index contributed by atoms with van der Waals surface area (Å²) in [5.41, 5.74) is 6.66. The summed E-state index contributed by atoms with van der Waals surface area (Å²) in [6.07, 6.45) is 0. The minimum Gasteiger partial charge on any atom is -0.396 e. The van der Waals surface area contributed by atoms with E-state index in [0.717, 1.165) is 0 Å². The van der Waals surface area contributed by atoms with Crippen LogP contribution in [0.2, 0.25) is 5.02 Å². The smallest absolute Gasteiger partial charge is 0.140 e. The number of nitrogens with two attached hydrogens (primary N) is 1. The van der Waals surface area contributed by atoms with Crippen LogP contribution in [0.1, 0.15) is 11.3 Å². The van der Waals surface area contributed by atoms with Gasteiger partial charge in [-0.25, -0.2) is 9.37 Å². The highest BCUT2D eigenvalue weighted by Gasteiger charge is 2.04. The van der Waals surface area contributed by atoms with Crippen molar-refractivity contribution in [3.63, 3.8) is 0 Å². The highest BCUT2D eigenvalue weighted by atomic mass is 79.9. The molecule has 0 saturated heterocycles. The summed E-state index contributed by atoms with van der Waals surface area (Å²) in [7, 11) is 0. The van der Waals surface area contributed by atoms with Gasteiger partial charge in [-0.05, 0) is 46.1 Å². The molecular weight excluding hydrogens is 319 g/mol. The third-order valence-corrected chi connectivity index (χ3v) is 2.92. The van der Waals surface area contributed by atoms with Crippen LogP contribution in [0.4, 0.5) is 10.1 Å². The van der Waals surface area contributed by atoms with E-state index in [0.29, 0.717) is 16.0 Å². The molecule has 0 aliphatic heterocycles. The molecule has 0 aliphatic rings. The molecule has 0 saturated carbocycles. The topological polar surface area (TPSA) is 38.9 Å². The zero-order valence-electron chi connectivity index (χ0n) is 9.05. The molecule has 90 valence electrons. The van der Waals surface area contributed by atoms with Crippen LogP contribution in [0.15, 0.2) is 34.9 Å². The van der Waals surface area contributed by atoms with Gasteiger partial charge in [-0.1, -0.05) is 23.6 Å². The predicted octanol–water partition coefficient (Wildman–Crippen LogP) is 3.62. The molecule has 0 amide bonds. The Morgan fingerprint density at radius 3 is 2.72 bits per heavy atom. The second-order valence-electron chi connectivity index (χ2n) is 3.42. The van der Waals surface area contributed by atoms with Crippen LogP contribution in [0.25, 0.3) is 0 Å². The Morgan fingerprint density at radius 2 is 2.00 bits per heavy atom. The summed E-state index contributed by atoms with van der Waals surface area (Å²) in [4.78, 5) is 4.10. The van der Waals surface area contributed by atoms with E-state index >= 15 is 0 Å². The number of pyridine rings is 1. The van der Waals surface area contributed by atoms with Gasteiger partial charge >= 0.3 is 0 Å². The van der Waals surface area contributed by atoms with Gasteiger partial charge in [0.25, 0.3) is 0 Å². The maximum Gasteiger partial charge on any atom is 0.140 e. The molecule has 2 rings (SSSR count).